The van der Waals surface area contributed by atoms with Gasteiger partial charge in [0.2, 0.25) is 5.91 Å². The maximum Gasteiger partial charge on any atom is 0.233 e. The molecule has 0 saturated heterocycles. The molecule has 0 bridgehead atoms. The van der Waals surface area contributed by atoms with Gasteiger partial charge in [-0.05, 0) is 69.3 Å². The molecule has 158 valence electrons. The van der Waals surface area contributed by atoms with Crippen molar-refractivity contribution in [2.45, 2.75) is 25.9 Å². The van der Waals surface area contributed by atoms with Crippen molar-refractivity contribution in [3.63, 3.8) is 0 Å². The monoisotopic (exact) mass is 444 g/mol. The van der Waals surface area contributed by atoms with Gasteiger partial charge >= 0.3 is 0 Å². The van der Waals surface area contributed by atoms with Crippen molar-refractivity contribution >= 4 is 29.3 Å². The number of halogens is 1. The number of hydrogen-bond acceptors (Lipinski definition) is 5. The first-order chi connectivity index (χ1) is 14.6. The predicted octanol–water partition coefficient (Wildman–Crippen LogP) is 4.95. The lowest BCUT2D eigenvalue weighted by Gasteiger charge is -2.18. The number of aromatic nitrogens is 3. The highest BCUT2D eigenvalue weighted by molar-refractivity contribution is 7.99. The molecule has 6 nitrogen and oxygen atoms in total. The van der Waals surface area contributed by atoms with Crippen LogP contribution in [0.2, 0.25) is 5.02 Å². The molecule has 0 saturated carbocycles. The normalized spacial score (nSPS) is 10.8. The van der Waals surface area contributed by atoms with Crippen LogP contribution >= 0.6 is 23.4 Å². The average molecular weight is 445 g/mol. The van der Waals surface area contributed by atoms with Gasteiger partial charge in [0.1, 0.15) is 5.75 Å². The van der Waals surface area contributed by atoms with E-state index in [1.165, 1.54) is 11.8 Å². The third-order valence-corrected chi connectivity index (χ3v) is 5.75. The van der Waals surface area contributed by atoms with Gasteiger partial charge in [-0.15, -0.1) is 10.2 Å². The molecule has 3 rings (SSSR count). The van der Waals surface area contributed by atoms with E-state index in [4.69, 9.17) is 16.3 Å². The zero-order valence-corrected chi connectivity index (χ0v) is 18.9. The molecule has 0 N–H and O–H groups in total. The fraction of sp³-hybridized carbons (Fsp3) is 0.318. The summed E-state index contributed by atoms with van der Waals surface area (Å²) >= 11 is 7.43. The zero-order valence-electron chi connectivity index (χ0n) is 17.3. The fourth-order valence-corrected chi connectivity index (χ4v) is 4.01. The van der Waals surface area contributed by atoms with Crippen molar-refractivity contribution in [1.82, 2.24) is 19.7 Å². The number of carbonyl (C=O) groups excluding carboxylic acids is 1. The zero-order chi connectivity index (χ0) is 21.5. The molecule has 1 amide bonds. The van der Waals surface area contributed by atoms with Crippen molar-refractivity contribution in [2.75, 3.05) is 25.4 Å². The van der Waals surface area contributed by atoms with Gasteiger partial charge in [0.15, 0.2) is 11.0 Å². The highest BCUT2D eigenvalue weighted by atomic mass is 35.5. The highest BCUT2D eigenvalue weighted by Crippen LogP contribution is 2.29. The quantitative estimate of drug-likeness (QED) is 0.437. The maximum atomic E-state index is 12.5. The Hall–Kier alpha value is -2.51. The number of nitrogens with zero attached hydrogens (tertiary/aromatic N) is 4. The predicted molar refractivity (Wildman–Crippen MR) is 122 cm³/mol. The molecule has 30 heavy (non-hydrogen) atoms. The molecule has 8 heteroatoms. The molecule has 0 atom stereocenters. The van der Waals surface area contributed by atoms with E-state index in [-0.39, 0.29) is 5.91 Å². The van der Waals surface area contributed by atoms with Crippen LogP contribution in [-0.2, 0) is 4.79 Å². The summed E-state index contributed by atoms with van der Waals surface area (Å²) in [5.74, 6) is 1.87. The Kier molecular flexibility index (Phi) is 7.76. The second kappa shape index (κ2) is 10.5. The Morgan fingerprint density at radius 1 is 1.03 bits per heavy atom. The van der Waals surface area contributed by atoms with Crippen LogP contribution in [0.5, 0.6) is 5.75 Å². The van der Waals surface area contributed by atoms with Gasteiger partial charge in [-0.2, -0.15) is 0 Å². The number of ether oxygens (including phenoxy) is 1. The SMILES string of the molecule is CCOc1ccc(-n2c(SCC(=O)N(CC)CC)nnc2-c2ccc(Cl)cc2)cc1. The molecule has 0 spiro atoms. The second-order valence-corrected chi connectivity index (χ2v) is 7.81. The minimum Gasteiger partial charge on any atom is -0.494 e. The Balaban J connectivity index is 1.96. The average Bonchev–Trinajstić information content (AvgIpc) is 3.18. The second-order valence-electron chi connectivity index (χ2n) is 6.43. The van der Waals surface area contributed by atoms with Crippen molar-refractivity contribution in [3.05, 3.63) is 53.6 Å². The molecule has 0 fully saturated rings. The molecule has 0 unspecified atom stereocenters. The van der Waals surface area contributed by atoms with Crippen LogP contribution in [0.15, 0.2) is 53.7 Å². The van der Waals surface area contributed by atoms with E-state index in [0.717, 1.165) is 17.0 Å². The summed E-state index contributed by atoms with van der Waals surface area (Å²) in [6.45, 7) is 7.90. The van der Waals surface area contributed by atoms with Gasteiger partial charge in [0, 0.05) is 29.4 Å². The number of hydrogen-bond donors (Lipinski definition) is 0. The van der Waals surface area contributed by atoms with E-state index in [1.54, 1.807) is 0 Å². The lowest BCUT2D eigenvalue weighted by molar-refractivity contribution is -0.127. The topological polar surface area (TPSA) is 60.2 Å². The van der Waals surface area contributed by atoms with E-state index in [0.29, 0.717) is 41.5 Å². The Labute approximate surface area is 186 Å². The summed E-state index contributed by atoms with van der Waals surface area (Å²) in [4.78, 5) is 14.3. The molecular formula is C22H25ClN4O2S. The summed E-state index contributed by atoms with van der Waals surface area (Å²) in [7, 11) is 0. The fourth-order valence-electron chi connectivity index (χ4n) is 3.03. The molecule has 0 aliphatic rings. The third kappa shape index (κ3) is 5.15. The smallest absolute Gasteiger partial charge is 0.233 e. The van der Waals surface area contributed by atoms with Gasteiger partial charge in [-0.3, -0.25) is 9.36 Å². The van der Waals surface area contributed by atoms with Gasteiger partial charge in [0.25, 0.3) is 0 Å². The first-order valence-electron chi connectivity index (χ1n) is 9.92. The maximum absolute atomic E-state index is 12.5. The molecule has 2 aromatic carbocycles. The standard InChI is InChI=1S/C22H25ClN4O2S/c1-4-26(5-2)20(28)15-30-22-25-24-21(16-7-9-17(23)10-8-16)27(22)18-11-13-19(14-12-18)29-6-3/h7-14H,4-6,15H2,1-3H3. The summed E-state index contributed by atoms with van der Waals surface area (Å²) in [6.07, 6.45) is 0. The number of amides is 1. The van der Waals surface area contributed by atoms with E-state index < -0.39 is 0 Å². The number of thioether (sulfide) groups is 1. The van der Waals surface area contributed by atoms with Crippen molar-refractivity contribution in [3.8, 4) is 22.8 Å². The summed E-state index contributed by atoms with van der Waals surface area (Å²) in [5, 5.41) is 10.1. The van der Waals surface area contributed by atoms with E-state index >= 15 is 0 Å². The molecule has 1 heterocycles. The largest absolute Gasteiger partial charge is 0.494 e. The molecule has 0 aliphatic carbocycles. The van der Waals surface area contributed by atoms with Crippen LogP contribution < -0.4 is 4.74 Å². The van der Waals surface area contributed by atoms with Gasteiger partial charge in [-0.25, -0.2) is 0 Å². The van der Waals surface area contributed by atoms with Crippen LogP contribution in [0.25, 0.3) is 17.1 Å². The van der Waals surface area contributed by atoms with Crippen molar-refractivity contribution in [1.29, 1.82) is 0 Å². The van der Waals surface area contributed by atoms with Crippen LogP contribution in [0.4, 0.5) is 0 Å². The van der Waals surface area contributed by atoms with Crippen LogP contribution in [-0.4, -0.2) is 51.0 Å². The van der Waals surface area contributed by atoms with E-state index in [9.17, 15) is 4.79 Å². The van der Waals surface area contributed by atoms with Crippen LogP contribution in [0.1, 0.15) is 20.8 Å². The first-order valence-corrected chi connectivity index (χ1v) is 11.3. The van der Waals surface area contributed by atoms with E-state index in [1.807, 2.05) is 78.8 Å². The molecule has 0 aliphatic heterocycles. The van der Waals surface area contributed by atoms with Crippen molar-refractivity contribution < 1.29 is 9.53 Å². The van der Waals surface area contributed by atoms with Gasteiger partial charge < -0.3 is 9.64 Å². The Morgan fingerprint density at radius 3 is 2.30 bits per heavy atom. The van der Waals surface area contributed by atoms with E-state index in [2.05, 4.69) is 10.2 Å². The van der Waals surface area contributed by atoms with Gasteiger partial charge in [0.05, 0.1) is 12.4 Å². The third-order valence-electron chi connectivity index (χ3n) is 4.58. The summed E-state index contributed by atoms with van der Waals surface area (Å²) in [6, 6.07) is 15.2. The summed E-state index contributed by atoms with van der Waals surface area (Å²) in [5.41, 5.74) is 1.79. The number of rotatable bonds is 9. The molecule has 0 radical (unpaired) electrons. The molecule has 3 aromatic rings. The number of benzene rings is 2. The Morgan fingerprint density at radius 2 is 1.70 bits per heavy atom. The van der Waals surface area contributed by atoms with Gasteiger partial charge in [-0.1, -0.05) is 23.4 Å². The highest BCUT2D eigenvalue weighted by Gasteiger charge is 2.18. The van der Waals surface area contributed by atoms with Crippen LogP contribution in [0.3, 0.4) is 0 Å². The first kappa shape index (κ1) is 22.2. The van der Waals surface area contributed by atoms with Crippen molar-refractivity contribution in [2.24, 2.45) is 0 Å². The lowest BCUT2D eigenvalue weighted by atomic mass is 10.2. The molecular weight excluding hydrogens is 420 g/mol. The number of carbonyl (C=O) groups is 1. The summed E-state index contributed by atoms with van der Waals surface area (Å²) < 4.78 is 7.51. The minimum atomic E-state index is 0.0827. The minimum absolute atomic E-state index is 0.0827. The lowest BCUT2D eigenvalue weighted by Crippen LogP contribution is -2.31. The Bertz CT molecular complexity index is 970. The molecule has 1 aromatic heterocycles. The van der Waals surface area contributed by atoms with Crippen LogP contribution in [0, 0.1) is 0 Å².